The molecule has 0 amide bonds. The Bertz CT molecular complexity index is 130. The highest BCUT2D eigenvalue weighted by molar-refractivity contribution is 7.61. The van der Waals surface area contributed by atoms with Crippen LogP contribution < -0.4 is 0 Å². The van der Waals surface area contributed by atoms with E-state index in [0.717, 1.165) is 6.42 Å². The van der Waals surface area contributed by atoms with E-state index in [-0.39, 0.29) is 0 Å². The summed E-state index contributed by atoms with van der Waals surface area (Å²) in [4.78, 5) is 0. The Hall–Kier alpha value is -0.550. The van der Waals surface area contributed by atoms with Gasteiger partial charge in [-0.25, -0.2) is 0 Å². The largest absolute Gasteiger partial charge is 0.282 e. The van der Waals surface area contributed by atoms with E-state index in [2.05, 4.69) is 30.1 Å². The topological polar surface area (TPSA) is 4.36 Å². The van der Waals surface area contributed by atoms with E-state index in [1.807, 2.05) is 6.08 Å². The van der Waals surface area contributed by atoms with Crippen LogP contribution in [0.2, 0.25) is 0 Å². The monoisotopic (exact) mass is 141 g/mol. The fourth-order valence-corrected chi connectivity index (χ4v) is 0.549. The molecular formula is C7H11NS. The van der Waals surface area contributed by atoms with Gasteiger partial charge < -0.3 is 0 Å². The van der Waals surface area contributed by atoms with Crippen LogP contribution in [0.3, 0.4) is 0 Å². The number of hydrogen-bond donors (Lipinski definition) is 0. The fourth-order valence-electron chi connectivity index (χ4n) is 0.488. The molecule has 0 aliphatic rings. The smallest absolute Gasteiger partial charge is 0.263 e. The van der Waals surface area contributed by atoms with Gasteiger partial charge in [-0.2, -0.15) is 4.25 Å². The molecule has 0 aliphatic heterocycles. The minimum Gasteiger partial charge on any atom is -0.263 e. The highest BCUT2D eigenvalue weighted by atomic mass is 32.1. The lowest BCUT2D eigenvalue weighted by molar-refractivity contribution is 0.815. The molecule has 2 heteroatoms. The van der Waals surface area contributed by atoms with E-state index in [1.165, 1.54) is 12.8 Å². The van der Waals surface area contributed by atoms with Crippen LogP contribution in [0.25, 0.3) is 4.25 Å². The zero-order valence-electron chi connectivity index (χ0n) is 5.63. The molecule has 9 heavy (non-hydrogen) atoms. The van der Waals surface area contributed by atoms with Gasteiger partial charge in [-0.05, 0) is 6.42 Å². The quantitative estimate of drug-likeness (QED) is 0.332. The zero-order chi connectivity index (χ0) is 6.95. The van der Waals surface area contributed by atoms with Crippen LogP contribution in [0.15, 0.2) is 12.2 Å². The van der Waals surface area contributed by atoms with Gasteiger partial charge in [0.25, 0.3) is 6.07 Å². The van der Waals surface area contributed by atoms with Crippen molar-refractivity contribution >= 4 is 12.8 Å². The first-order valence-corrected chi connectivity index (χ1v) is 3.51. The Kier molecular flexibility index (Phi) is 6.99. The van der Waals surface area contributed by atoms with Crippen LogP contribution in [0.1, 0.15) is 26.2 Å². The van der Waals surface area contributed by atoms with Crippen molar-refractivity contribution in [3.05, 3.63) is 16.4 Å². The Balaban J connectivity index is 3.11. The van der Waals surface area contributed by atoms with Gasteiger partial charge in [-0.1, -0.05) is 25.8 Å². The molecule has 0 saturated carbocycles. The zero-order valence-corrected chi connectivity index (χ0v) is 6.45. The third-order valence-corrected chi connectivity index (χ3v) is 1.07. The van der Waals surface area contributed by atoms with Gasteiger partial charge in [0.15, 0.2) is 0 Å². The second-order valence-electron chi connectivity index (χ2n) is 1.76. The highest BCUT2D eigenvalue weighted by Crippen LogP contribution is 1.93. The van der Waals surface area contributed by atoms with E-state index in [4.69, 9.17) is 0 Å². The summed E-state index contributed by atoms with van der Waals surface area (Å²) in [5, 5.41) is 0. The summed E-state index contributed by atoms with van der Waals surface area (Å²) in [6.45, 7) is 2.17. The SMILES string of the molecule is CCCCC=CC#[N+][S-]. The average molecular weight is 141 g/mol. The maximum absolute atomic E-state index is 4.29. The molecule has 0 unspecified atom stereocenters. The number of allylic oxidation sites excluding steroid dienone is 2. The minimum atomic E-state index is 1.11. The van der Waals surface area contributed by atoms with Gasteiger partial charge in [0.05, 0.1) is 6.08 Å². The first kappa shape index (κ1) is 8.45. The molecule has 0 saturated heterocycles. The second-order valence-corrected chi connectivity index (χ2v) is 1.95. The second kappa shape index (κ2) is 7.45. The number of nitrogens with zero attached hydrogens (tertiary/aromatic N) is 1. The molecule has 1 nitrogen and oxygen atoms in total. The van der Waals surface area contributed by atoms with Gasteiger partial charge in [0, 0.05) is 0 Å². The molecule has 0 fully saturated rings. The van der Waals surface area contributed by atoms with Crippen molar-refractivity contribution in [2.75, 3.05) is 0 Å². The first-order valence-electron chi connectivity index (χ1n) is 3.14. The van der Waals surface area contributed by atoms with Crippen molar-refractivity contribution in [2.45, 2.75) is 26.2 Å². The minimum absolute atomic E-state index is 1.11. The predicted molar refractivity (Wildman–Crippen MR) is 43.3 cm³/mol. The maximum Gasteiger partial charge on any atom is 0.282 e. The van der Waals surface area contributed by atoms with E-state index in [1.54, 1.807) is 6.08 Å². The third kappa shape index (κ3) is 7.45. The Labute approximate surface area is 62.1 Å². The van der Waals surface area contributed by atoms with Crippen LogP contribution >= 0.6 is 0 Å². The van der Waals surface area contributed by atoms with Crippen molar-refractivity contribution in [1.82, 2.24) is 0 Å². The van der Waals surface area contributed by atoms with Crippen LogP contribution in [-0.4, -0.2) is 0 Å². The summed E-state index contributed by atoms with van der Waals surface area (Å²) >= 11 is 4.29. The van der Waals surface area contributed by atoms with Crippen molar-refractivity contribution in [3.8, 4) is 6.07 Å². The standard InChI is InChI=1S/C7H11NS/c1-2-3-4-5-6-7-8-9/h5-6H,2-4H2,1H3. The summed E-state index contributed by atoms with van der Waals surface area (Å²) in [6.07, 6.45) is 7.36. The lowest BCUT2D eigenvalue weighted by atomic mass is 10.2. The predicted octanol–water partition coefficient (Wildman–Crippen LogP) is 2.53. The first-order chi connectivity index (χ1) is 4.41. The highest BCUT2D eigenvalue weighted by Gasteiger charge is 1.76. The van der Waals surface area contributed by atoms with E-state index in [9.17, 15) is 0 Å². The van der Waals surface area contributed by atoms with E-state index >= 15 is 0 Å². The average Bonchev–Trinajstić information content (AvgIpc) is 1.89. The summed E-state index contributed by atoms with van der Waals surface area (Å²) in [7, 11) is 0. The molecule has 0 aromatic rings. The molecular weight excluding hydrogens is 130 g/mol. The molecule has 0 radical (unpaired) electrons. The molecule has 0 N–H and O–H groups in total. The van der Waals surface area contributed by atoms with E-state index < -0.39 is 0 Å². The molecule has 0 aromatic heterocycles. The van der Waals surface area contributed by atoms with Gasteiger partial charge in [0.2, 0.25) is 0 Å². The third-order valence-electron chi connectivity index (χ3n) is 0.969. The molecule has 0 aromatic carbocycles. The Morgan fingerprint density at radius 2 is 2.44 bits per heavy atom. The van der Waals surface area contributed by atoms with Crippen LogP contribution in [0.5, 0.6) is 0 Å². The molecule has 0 atom stereocenters. The molecule has 0 aliphatic carbocycles. The normalized spacial score (nSPS) is 9.00. The van der Waals surface area contributed by atoms with Crippen molar-refractivity contribution < 1.29 is 0 Å². The summed E-state index contributed by atoms with van der Waals surface area (Å²) < 4.78 is 3.28. The molecule has 0 rings (SSSR count). The van der Waals surface area contributed by atoms with Crippen LogP contribution in [0, 0.1) is 6.07 Å². The van der Waals surface area contributed by atoms with E-state index in [0.29, 0.717) is 0 Å². The van der Waals surface area contributed by atoms with Crippen LogP contribution in [-0.2, 0) is 12.8 Å². The van der Waals surface area contributed by atoms with Crippen molar-refractivity contribution in [2.24, 2.45) is 0 Å². The van der Waals surface area contributed by atoms with Gasteiger partial charge in [-0.3, -0.25) is 12.8 Å². The van der Waals surface area contributed by atoms with Crippen molar-refractivity contribution in [1.29, 1.82) is 0 Å². The van der Waals surface area contributed by atoms with Crippen molar-refractivity contribution in [3.63, 3.8) is 0 Å². The van der Waals surface area contributed by atoms with Crippen LogP contribution in [0.4, 0.5) is 0 Å². The summed E-state index contributed by atoms with van der Waals surface area (Å²) in [5.41, 5.74) is 0. The number of rotatable bonds is 3. The fraction of sp³-hybridized carbons (Fsp3) is 0.571. The molecule has 0 heterocycles. The van der Waals surface area contributed by atoms with Gasteiger partial charge in [0.1, 0.15) is 0 Å². The Morgan fingerprint density at radius 3 is 3.00 bits per heavy atom. The lowest BCUT2D eigenvalue weighted by Gasteiger charge is -1.82. The summed E-state index contributed by atoms with van der Waals surface area (Å²) in [6, 6.07) is 2.57. The van der Waals surface area contributed by atoms with Gasteiger partial charge >= 0.3 is 0 Å². The summed E-state index contributed by atoms with van der Waals surface area (Å²) in [5.74, 6) is 0. The number of unbranched alkanes of at least 4 members (excludes halogenated alkanes) is 2. The molecule has 50 valence electrons. The van der Waals surface area contributed by atoms with Gasteiger partial charge in [-0.15, -0.1) is 0 Å². The molecule has 0 bridgehead atoms. The maximum atomic E-state index is 4.29. The lowest BCUT2D eigenvalue weighted by Crippen LogP contribution is -1.64. The number of hydrogen-bond acceptors (Lipinski definition) is 1. The Morgan fingerprint density at radius 1 is 1.67 bits per heavy atom. The molecule has 0 spiro atoms.